The molecular formula is C13H24N2O3. The van der Waals surface area contributed by atoms with E-state index >= 15 is 0 Å². The number of amides is 1. The summed E-state index contributed by atoms with van der Waals surface area (Å²) in [6.45, 7) is 1.24. The van der Waals surface area contributed by atoms with Gasteiger partial charge < -0.3 is 16.2 Å². The van der Waals surface area contributed by atoms with E-state index in [2.05, 4.69) is 5.32 Å². The van der Waals surface area contributed by atoms with Gasteiger partial charge in [-0.2, -0.15) is 0 Å². The zero-order valence-electron chi connectivity index (χ0n) is 10.9. The van der Waals surface area contributed by atoms with Crippen LogP contribution in [0.3, 0.4) is 0 Å². The number of carboxylic acids is 1. The molecule has 5 nitrogen and oxygen atoms in total. The lowest BCUT2D eigenvalue weighted by molar-refractivity contribution is -0.137. The van der Waals surface area contributed by atoms with Crippen LogP contribution in [0.25, 0.3) is 0 Å². The lowest BCUT2D eigenvalue weighted by Crippen LogP contribution is -2.35. The van der Waals surface area contributed by atoms with E-state index in [9.17, 15) is 9.59 Å². The van der Waals surface area contributed by atoms with E-state index in [1.807, 2.05) is 0 Å². The van der Waals surface area contributed by atoms with E-state index in [0.29, 0.717) is 25.4 Å². The van der Waals surface area contributed by atoms with Crippen LogP contribution < -0.4 is 11.1 Å². The third-order valence-electron chi connectivity index (χ3n) is 3.67. The molecule has 0 spiro atoms. The fraction of sp³-hybridized carbons (Fsp3) is 0.846. The summed E-state index contributed by atoms with van der Waals surface area (Å²) >= 11 is 0. The molecule has 1 saturated carbocycles. The Hall–Kier alpha value is -1.10. The van der Waals surface area contributed by atoms with E-state index in [1.54, 1.807) is 0 Å². The number of unbranched alkanes of at least 4 members (excludes halogenated alkanes) is 2. The summed E-state index contributed by atoms with van der Waals surface area (Å²) in [6, 6.07) is 0. The molecular weight excluding hydrogens is 232 g/mol. The highest BCUT2D eigenvalue weighted by Crippen LogP contribution is 2.30. The summed E-state index contributed by atoms with van der Waals surface area (Å²) in [5.41, 5.74) is 5.65. The Bertz CT molecular complexity index is 281. The van der Waals surface area contributed by atoms with Gasteiger partial charge in [-0.1, -0.05) is 12.8 Å². The van der Waals surface area contributed by atoms with Crippen molar-refractivity contribution in [3.8, 4) is 0 Å². The maximum Gasteiger partial charge on any atom is 0.303 e. The normalized spacial score (nSPS) is 22.9. The predicted molar refractivity (Wildman–Crippen MR) is 69.0 cm³/mol. The molecule has 1 aliphatic carbocycles. The van der Waals surface area contributed by atoms with Gasteiger partial charge in [-0.3, -0.25) is 9.59 Å². The molecule has 0 aliphatic heterocycles. The molecule has 0 aromatic heterocycles. The van der Waals surface area contributed by atoms with Crippen LogP contribution in [0, 0.1) is 11.8 Å². The summed E-state index contributed by atoms with van der Waals surface area (Å²) in [5.74, 6) is -0.192. The van der Waals surface area contributed by atoms with Crippen molar-refractivity contribution in [2.24, 2.45) is 17.6 Å². The van der Waals surface area contributed by atoms with Gasteiger partial charge in [-0.15, -0.1) is 0 Å². The molecule has 0 heterocycles. The second-order valence-electron chi connectivity index (χ2n) is 5.03. The summed E-state index contributed by atoms with van der Waals surface area (Å²) in [4.78, 5) is 22.2. The van der Waals surface area contributed by atoms with E-state index in [-0.39, 0.29) is 18.2 Å². The number of rotatable bonds is 8. The first-order valence-electron chi connectivity index (χ1n) is 6.84. The number of carbonyl (C=O) groups is 2. The standard InChI is InChI=1S/C13H24N2O3/c14-9-10-5-4-6-11(10)13(18)15-8-3-1-2-7-12(16)17/h10-11H,1-9,14H2,(H,15,18)(H,16,17). The number of hydrogen-bond acceptors (Lipinski definition) is 3. The first-order chi connectivity index (χ1) is 8.65. The summed E-state index contributed by atoms with van der Waals surface area (Å²) in [7, 11) is 0. The SMILES string of the molecule is NCC1CCCC1C(=O)NCCCCCC(=O)O. The molecule has 2 unspecified atom stereocenters. The minimum atomic E-state index is -0.754. The third-order valence-corrected chi connectivity index (χ3v) is 3.67. The number of nitrogens with one attached hydrogen (secondary N) is 1. The highest BCUT2D eigenvalue weighted by atomic mass is 16.4. The molecule has 104 valence electrons. The predicted octanol–water partition coefficient (Wildman–Crippen LogP) is 1.12. The number of carboxylic acid groups (broad SMARTS) is 1. The molecule has 0 radical (unpaired) electrons. The van der Waals surface area contributed by atoms with E-state index in [1.165, 1.54) is 0 Å². The summed E-state index contributed by atoms with van der Waals surface area (Å²) in [6.07, 6.45) is 5.70. The monoisotopic (exact) mass is 256 g/mol. The molecule has 0 aromatic carbocycles. The molecule has 5 heteroatoms. The number of aliphatic carboxylic acids is 1. The molecule has 1 rings (SSSR count). The van der Waals surface area contributed by atoms with Gasteiger partial charge in [0.05, 0.1) is 0 Å². The van der Waals surface area contributed by atoms with Crippen molar-refractivity contribution in [3.05, 3.63) is 0 Å². The summed E-state index contributed by atoms with van der Waals surface area (Å²) < 4.78 is 0. The molecule has 0 aromatic rings. The van der Waals surface area contributed by atoms with Crippen molar-refractivity contribution in [2.75, 3.05) is 13.1 Å². The van der Waals surface area contributed by atoms with Crippen molar-refractivity contribution in [3.63, 3.8) is 0 Å². The fourth-order valence-electron chi connectivity index (χ4n) is 2.58. The van der Waals surface area contributed by atoms with Crippen molar-refractivity contribution in [2.45, 2.75) is 44.9 Å². The Morgan fingerprint density at radius 2 is 2.00 bits per heavy atom. The molecule has 1 fully saturated rings. The first-order valence-corrected chi connectivity index (χ1v) is 6.84. The number of hydrogen-bond donors (Lipinski definition) is 3. The Morgan fingerprint density at radius 3 is 2.67 bits per heavy atom. The highest BCUT2D eigenvalue weighted by Gasteiger charge is 2.31. The largest absolute Gasteiger partial charge is 0.481 e. The van der Waals surface area contributed by atoms with Gasteiger partial charge in [-0.05, 0) is 38.1 Å². The fourth-order valence-corrected chi connectivity index (χ4v) is 2.58. The lowest BCUT2D eigenvalue weighted by atomic mass is 9.95. The smallest absolute Gasteiger partial charge is 0.303 e. The van der Waals surface area contributed by atoms with Crippen molar-refractivity contribution in [1.82, 2.24) is 5.32 Å². The van der Waals surface area contributed by atoms with Crippen LogP contribution in [0.2, 0.25) is 0 Å². The van der Waals surface area contributed by atoms with Crippen molar-refractivity contribution in [1.29, 1.82) is 0 Å². The Kier molecular flexibility index (Phi) is 6.72. The topological polar surface area (TPSA) is 92.4 Å². The molecule has 1 aliphatic rings. The zero-order chi connectivity index (χ0) is 13.4. The molecule has 0 saturated heterocycles. The van der Waals surface area contributed by atoms with Gasteiger partial charge in [0.25, 0.3) is 0 Å². The number of nitrogens with two attached hydrogens (primary N) is 1. The van der Waals surface area contributed by atoms with Gasteiger partial charge in [0.2, 0.25) is 5.91 Å². The molecule has 4 N–H and O–H groups in total. The molecule has 18 heavy (non-hydrogen) atoms. The Morgan fingerprint density at radius 1 is 1.22 bits per heavy atom. The molecule has 2 atom stereocenters. The quantitative estimate of drug-likeness (QED) is 0.567. The van der Waals surface area contributed by atoms with Gasteiger partial charge in [0.1, 0.15) is 0 Å². The average Bonchev–Trinajstić information content (AvgIpc) is 2.81. The van der Waals surface area contributed by atoms with Crippen molar-refractivity contribution >= 4 is 11.9 Å². The van der Waals surface area contributed by atoms with Crippen LogP contribution in [0.15, 0.2) is 0 Å². The second-order valence-corrected chi connectivity index (χ2v) is 5.03. The van der Waals surface area contributed by atoms with Gasteiger partial charge in [-0.25, -0.2) is 0 Å². The molecule has 1 amide bonds. The van der Waals surface area contributed by atoms with Gasteiger partial charge in [0, 0.05) is 18.9 Å². The van der Waals surface area contributed by atoms with E-state index in [0.717, 1.165) is 32.1 Å². The van der Waals surface area contributed by atoms with Crippen LogP contribution in [-0.2, 0) is 9.59 Å². The molecule has 0 bridgehead atoms. The van der Waals surface area contributed by atoms with Crippen LogP contribution in [0.4, 0.5) is 0 Å². The highest BCUT2D eigenvalue weighted by molar-refractivity contribution is 5.79. The van der Waals surface area contributed by atoms with E-state index in [4.69, 9.17) is 10.8 Å². The van der Waals surface area contributed by atoms with Crippen LogP contribution >= 0.6 is 0 Å². The second kappa shape index (κ2) is 8.08. The number of carbonyl (C=O) groups excluding carboxylic acids is 1. The average molecular weight is 256 g/mol. The van der Waals surface area contributed by atoms with Crippen LogP contribution in [0.5, 0.6) is 0 Å². The third kappa shape index (κ3) is 5.04. The zero-order valence-corrected chi connectivity index (χ0v) is 10.9. The summed E-state index contributed by atoms with van der Waals surface area (Å²) in [5, 5.41) is 11.4. The van der Waals surface area contributed by atoms with Crippen LogP contribution in [-0.4, -0.2) is 30.1 Å². The minimum absolute atomic E-state index is 0.0917. The van der Waals surface area contributed by atoms with Gasteiger partial charge >= 0.3 is 5.97 Å². The first kappa shape index (κ1) is 15.0. The van der Waals surface area contributed by atoms with Gasteiger partial charge in [0.15, 0.2) is 0 Å². The van der Waals surface area contributed by atoms with Crippen molar-refractivity contribution < 1.29 is 14.7 Å². The maximum atomic E-state index is 11.9. The van der Waals surface area contributed by atoms with Crippen LogP contribution in [0.1, 0.15) is 44.9 Å². The lowest BCUT2D eigenvalue weighted by Gasteiger charge is -2.17. The minimum Gasteiger partial charge on any atom is -0.481 e. The maximum absolute atomic E-state index is 11.9. The Balaban J connectivity index is 2.08. The van der Waals surface area contributed by atoms with E-state index < -0.39 is 5.97 Å². The Labute approximate surface area is 108 Å².